The van der Waals surface area contributed by atoms with Gasteiger partial charge >= 0.3 is 5.97 Å². The highest BCUT2D eigenvalue weighted by Gasteiger charge is 2.69. The van der Waals surface area contributed by atoms with Gasteiger partial charge in [-0.15, -0.1) is 0 Å². The fourth-order valence-corrected chi connectivity index (χ4v) is 3.80. The van der Waals surface area contributed by atoms with Crippen LogP contribution in [0.4, 0.5) is 0 Å². The topological polar surface area (TPSA) is 101 Å². The Morgan fingerprint density at radius 1 is 1.47 bits per heavy atom. The van der Waals surface area contributed by atoms with Crippen molar-refractivity contribution in [3.05, 3.63) is 0 Å². The van der Waals surface area contributed by atoms with Crippen LogP contribution < -0.4 is 0 Å². The number of Topliss-reactive ketones (excluding diaryl/α,β-unsaturated/α-hetero) is 1. The summed E-state index contributed by atoms with van der Waals surface area (Å²) in [6.07, 6.45) is 1.63. The van der Waals surface area contributed by atoms with Gasteiger partial charge in [-0.05, 0) is 24.2 Å². The molecule has 2 fully saturated rings. The van der Waals surface area contributed by atoms with Crippen LogP contribution in [0.3, 0.4) is 0 Å². The molecule has 0 aliphatic heterocycles. The van der Waals surface area contributed by atoms with Gasteiger partial charge < -0.3 is 9.29 Å². The molecule has 0 aromatic heterocycles. The van der Waals surface area contributed by atoms with Crippen molar-refractivity contribution in [1.29, 1.82) is 0 Å². The summed E-state index contributed by atoms with van der Waals surface area (Å²) in [6.45, 7) is 3.27. The third kappa shape index (κ3) is 2.08. The summed E-state index contributed by atoms with van der Waals surface area (Å²) in [7, 11) is -4.41. The van der Waals surface area contributed by atoms with Crippen molar-refractivity contribution in [3.63, 3.8) is 0 Å². The number of rotatable bonds is 4. The van der Waals surface area contributed by atoms with Gasteiger partial charge in [-0.2, -0.15) is 0 Å². The molecular weight excluding hydrogens is 272 g/mol. The quantitative estimate of drug-likeness (QED) is 0.423. The molecule has 2 rings (SSSR count). The predicted octanol–water partition coefficient (Wildman–Crippen LogP) is 0.470. The van der Waals surface area contributed by atoms with Gasteiger partial charge in [-0.1, -0.05) is 13.8 Å². The molecule has 0 heterocycles. The van der Waals surface area contributed by atoms with Crippen LogP contribution in [0.1, 0.15) is 33.1 Å². The molecule has 7 heteroatoms. The Kier molecular flexibility index (Phi) is 3.25. The van der Waals surface area contributed by atoms with Gasteiger partial charge in [0, 0.05) is 6.42 Å². The molecule has 2 aliphatic carbocycles. The normalized spacial score (nSPS) is 32.6. The number of carbonyl (C=O) groups is 2. The molecule has 0 N–H and O–H groups in total. The van der Waals surface area contributed by atoms with E-state index in [1.54, 1.807) is 0 Å². The minimum Gasteiger partial charge on any atom is -0.748 e. The monoisotopic (exact) mass is 289 g/mol. The average Bonchev–Trinajstić information content (AvgIpc) is 2.60. The largest absolute Gasteiger partial charge is 0.748 e. The van der Waals surface area contributed by atoms with Crippen molar-refractivity contribution < 1.29 is 27.3 Å². The maximum atomic E-state index is 12.2. The van der Waals surface area contributed by atoms with Crippen LogP contribution >= 0.6 is 0 Å². The maximum absolute atomic E-state index is 12.2. The van der Waals surface area contributed by atoms with Crippen molar-refractivity contribution in [1.82, 2.24) is 0 Å². The summed E-state index contributed by atoms with van der Waals surface area (Å²) in [5.74, 6) is -1.38. The van der Waals surface area contributed by atoms with E-state index in [1.165, 1.54) is 0 Å². The minimum absolute atomic E-state index is 0.122. The van der Waals surface area contributed by atoms with Gasteiger partial charge in [0.15, 0.2) is 5.78 Å². The lowest BCUT2D eigenvalue weighted by Crippen LogP contribution is -2.45. The standard InChI is InChI=1S/C12H18O6S/c1-11(2)8-3-4-12(11,9(13)7-8)10(14)18-5-6-19(15,16)17/h8H,3-7H2,1-2H3,(H,15,16,17)/p-1. The lowest BCUT2D eigenvalue weighted by Gasteiger charge is -2.33. The molecule has 2 aliphatic rings. The third-order valence-corrected chi connectivity index (χ3v) is 5.48. The van der Waals surface area contributed by atoms with Crippen LogP contribution in [0.5, 0.6) is 0 Å². The van der Waals surface area contributed by atoms with Crippen LogP contribution in [-0.2, 0) is 24.4 Å². The molecule has 2 bridgehead atoms. The van der Waals surface area contributed by atoms with Crippen LogP contribution in [0.2, 0.25) is 0 Å². The van der Waals surface area contributed by atoms with E-state index >= 15 is 0 Å². The number of ether oxygens (including phenoxy) is 1. The first kappa shape index (κ1) is 14.5. The Hall–Kier alpha value is -0.950. The SMILES string of the molecule is CC1(C)C2CCC1(C(=O)OCCS(=O)(=O)[O-])C(=O)C2. The van der Waals surface area contributed by atoms with Crippen molar-refractivity contribution in [2.75, 3.05) is 12.4 Å². The second kappa shape index (κ2) is 4.28. The highest BCUT2D eigenvalue weighted by atomic mass is 32.2. The zero-order chi connectivity index (χ0) is 14.5. The number of fused-ring (bicyclic) bond motifs is 2. The lowest BCUT2D eigenvalue weighted by atomic mass is 9.69. The fourth-order valence-electron chi connectivity index (χ4n) is 3.51. The van der Waals surface area contributed by atoms with Gasteiger partial charge in [0.25, 0.3) is 0 Å². The highest BCUT2D eigenvalue weighted by molar-refractivity contribution is 7.85. The van der Waals surface area contributed by atoms with Crippen molar-refractivity contribution in [2.45, 2.75) is 33.1 Å². The first-order valence-electron chi connectivity index (χ1n) is 6.25. The van der Waals surface area contributed by atoms with E-state index in [2.05, 4.69) is 0 Å². The van der Waals surface area contributed by atoms with E-state index < -0.39 is 39.3 Å². The van der Waals surface area contributed by atoms with Crippen LogP contribution in [-0.4, -0.2) is 37.1 Å². The molecule has 0 saturated heterocycles. The van der Waals surface area contributed by atoms with Crippen molar-refractivity contribution >= 4 is 21.9 Å². The molecule has 2 unspecified atom stereocenters. The molecule has 0 aromatic carbocycles. The summed E-state index contributed by atoms with van der Waals surface area (Å²) >= 11 is 0. The molecule has 0 aromatic rings. The van der Waals surface area contributed by atoms with Crippen LogP contribution in [0, 0.1) is 16.7 Å². The minimum atomic E-state index is -4.41. The van der Waals surface area contributed by atoms with E-state index in [-0.39, 0.29) is 11.7 Å². The van der Waals surface area contributed by atoms with E-state index in [4.69, 9.17) is 4.74 Å². The summed E-state index contributed by atoms with van der Waals surface area (Å²) < 4.78 is 36.3. The number of carbonyl (C=O) groups excluding carboxylic acids is 2. The number of ketones is 1. The smallest absolute Gasteiger partial charge is 0.320 e. The Morgan fingerprint density at radius 3 is 2.53 bits per heavy atom. The molecule has 0 amide bonds. The summed E-state index contributed by atoms with van der Waals surface area (Å²) in [5, 5.41) is 0. The first-order chi connectivity index (χ1) is 8.61. The molecule has 0 radical (unpaired) electrons. The van der Waals surface area contributed by atoms with E-state index in [9.17, 15) is 22.6 Å². The summed E-state index contributed by atoms with van der Waals surface area (Å²) in [6, 6.07) is 0. The van der Waals surface area contributed by atoms with Gasteiger partial charge in [-0.3, -0.25) is 9.59 Å². The molecule has 2 atom stereocenters. The van der Waals surface area contributed by atoms with Gasteiger partial charge in [0.2, 0.25) is 0 Å². The summed E-state index contributed by atoms with van der Waals surface area (Å²) in [5.41, 5.74) is -1.61. The zero-order valence-corrected chi connectivity index (χ0v) is 11.8. The van der Waals surface area contributed by atoms with E-state index in [1.807, 2.05) is 13.8 Å². The Balaban J connectivity index is 2.12. The van der Waals surface area contributed by atoms with Gasteiger partial charge in [0.1, 0.15) is 12.0 Å². The Bertz CT molecular complexity index is 520. The number of hydrogen-bond donors (Lipinski definition) is 0. The van der Waals surface area contributed by atoms with Gasteiger partial charge in [-0.25, -0.2) is 8.42 Å². The fraction of sp³-hybridized carbons (Fsp3) is 0.833. The van der Waals surface area contributed by atoms with E-state index in [0.29, 0.717) is 12.8 Å². The molecular formula is C12H17O6S-. The number of hydrogen-bond acceptors (Lipinski definition) is 6. The second-order valence-corrected chi connectivity index (χ2v) is 7.41. The average molecular weight is 289 g/mol. The van der Waals surface area contributed by atoms with Crippen molar-refractivity contribution in [2.24, 2.45) is 16.7 Å². The highest BCUT2D eigenvalue weighted by Crippen LogP contribution is 2.64. The zero-order valence-electron chi connectivity index (χ0n) is 11.0. The van der Waals surface area contributed by atoms with Crippen LogP contribution in [0.25, 0.3) is 0 Å². The summed E-state index contributed by atoms with van der Waals surface area (Å²) in [4.78, 5) is 24.3. The molecule has 108 valence electrons. The third-order valence-electron chi connectivity index (χ3n) is 4.81. The van der Waals surface area contributed by atoms with Gasteiger partial charge in [0.05, 0.1) is 15.9 Å². The molecule has 19 heavy (non-hydrogen) atoms. The predicted molar refractivity (Wildman–Crippen MR) is 64.1 cm³/mol. The second-order valence-electron chi connectivity index (χ2n) is 5.89. The van der Waals surface area contributed by atoms with Crippen LogP contribution in [0.15, 0.2) is 0 Å². The lowest BCUT2D eigenvalue weighted by molar-refractivity contribution is -0.163. The molecule has 2 saturated carbocycles. The Labute approximate surface area is 112 Å². The maximum Gasteiger partial charge on any atom is 0.320 e. The van der Waals surface area contributed by atoms with E-state index in [0.717, 1.165) is 6.42 Å². The molecule has 0 spiro atoms. The molecule has 6 nitrogen and oxygen atoms in total. The van der Waals surface area contributed by atoms with Crippen molar-refractivity contribution in [3.8, 4) is 0 Å². The first-order valence-corrected chi connectivity index (χ1v) is 7.83. The Morgan fingerprint density at radius 2 is 2.11 bits per heavy atom. The number of esters is 1.